The van der Waals surface area contributed by atoms with Crippen LogP contribution in [0.1, 0.15) is 77.3 Å². The van der Waals surface area contributed by atoms with Crippen molar-refractivity contribution in [1.29, 1.82) is 0 Å². The van der Waals surface area contributed by atoms with Gasteiger partial charge in [-0.05, 0) is 60.4 Å². The number of benzene rings is 2. The van der Waals surface area contributed by atoms with Gasteiger partial charge >= 0.3 is 0 Å². The van der Waals surface area contributed by atoms with Crippen LogP contribution in [0.4, 0.5) is 4.39 Å². The summed E-state index contributed by atoms with van der Waals surface area (Å²) in [5, 5.41) is 0.701. The van der Waals surface area contributed by atoms with Crippen molar-refractivity contribution in [3.05, 3.63) is 85.9 Å². The van der Waals surface area contributed by atoms with Gasteiger partial charge in [0.25, 0.3) is 0 Å². The summed E-state index contributed by atoms with van der Waals surface area (Å²) in [5.74, 6) is -0.495. The van der Waals surface area contributed by atoms with Gasteiger partial charge in [-0.25, -0.2) is 4.39 Å². The Labute approximate surface area is 239 Å². The maximum Gasteiger partial charge on any atom is 0.162 e. The Morgan fingerprint density at radius 1 is 0.897 bits per heavy atom. The van der Waals surface area contributed by atoms with Gasteiger partial charge in [-0.2, -0.15) is 0 Å². The minimum absolute atomic E-state index is 0.0365. The van der Waals surface area contributed by atoms with Crippen molar-refractivity contribution in [3.8, 4) is 5.75 Å². The van der Waals surface area contributed by atoms with Gasteiger partial charge in [0.1, 0.15) is 18.2 Å². The molecular formula is C32H34Cl2FNO3. The molecule has 0 amide bonds. The van der Waals surface area contributed by atoms with E-state index in [1.165, 1.54) is 12.1 Å². The largest absolute Gasteiger partial charge is 0.487 e. The molecule has 1 aliphatic heterocycles. The molecule has 2 aromatic carbocycles. The molecule has 0 fully saturated rings. The normalized spacial score (nSPS) is 20.8. The predicted molar refractivity (Wildman–Crippen MR) is 152 cm³/mol. The van der Waals surface area contributed by atoms with Crippen molar-refractivity contribution in [2.24, 2.45) is 10.8 Å². The van der Waals surface area contributed by atoms with Crippen LogP contribution in [0, 0.1) is 16.6 Å². The van der Waals surface area contributed by atoms with Crippen LogP contribution < -0.4 is 4.74 Å². The molecule has 0 bridgehead atoms. The van der Waals surface area contributed by atoms with Crippen molar-refractivity contribution in [1.82, 2.24) is 4.90 Å². The summed E-state index contributed by atoms with van der Waals surface area (Å²) in [7, 11) is 0. The summed E-state index contributed by atoms with van der Waals surface area (Å²) in [5.41, 5.74) is 4.23. The van der Waals surface area contributed by atoms with Crippen LogP contribution in [0.15, 0.2) is 58.9 Å². The van der Waals surface area contributed by atoms with E-state index in [1.54, 1.807) is 24.3 Å². The fourth-order valence-electron chi connectivity index (χ4n) is 6.42. The Balaban J connectivity index is 1.72. The Bertz CT molecular complexity index is 1370. The zero-order chi connectivity index (χ0) is 28.3. The van der Waals surface area contributed by atoms with Crippen LogP contribution in [0.2, 0.25) is 10.0 Å². The third kappa shape index (κ3) is 5.28. The van der Waals surface area contributed by atoms with Crippen LogP contribution in [0.25, 0.3) is 0 Å². The molecule has 5 rings (SSSR count). The van der Waals surface area contributed by atoms with Gasteiger partial charge in [-0.15, -0.1) is 0 Å². The maximum atomic E-state index is 13.9. The van der Waals surface area contributed by atoms with Crippen LogP contribution in [0.3, 0.4) is 0 Å². The zero-order valence-corrected chi connectivity index (χ0v) is 24.6. The van der Waals surface area contributed by atoms with Gasteiger partial charge < -0.3 is 9.64 Å². The number of carbonyl (C=O) groups excluding carboxylic acids is 2. The SMILES string of the molecule is CCN1C2=C(C(=O)CC(C)(C)C2)C(c2cc(Cl)cc(Cl)c2OCc2ccc(F)cc2)C2=C1CC(C)(C)CC2=O. The lowest BCUT2D eigenvalue weighted by atomic mass is 9.63. The molecule has 2 aromatic rings. The number of allylic oxidation sites excluding steroid dienone is 4. The van der Waals surface area contributed by atoms with E-state index in [4.69, 9.17) is 27.9 Å². The van der Waals surface area contributed by atoms with E-state index in [1.807, 2.05) is 0 Å². The fraction of sp³-hybridized carbons (Fsp3) is 0.438. The van der Waals surface area contributed by atoms with Crippen molar-refractivity contribution >= 4 is 34.8 Å². The second-order valence-electron chi connectivity index (χ2n) is 12.5. The van der Waals surface area contributed by atoms with Gasteiger partial charge in [-0.1, -0.05) is 63.0 Å². The van der Waals surface area contributed by atoms with Gasteiger partial charge in [-0.3, -0.25) is 9.59 Å². The molecule has 0 atom stereocenters. The standard InChI is InChI=1S/C32H34Cl2FNO3/c1-6-36-23-13-31(2,3)15-25(37)28(23)27(29-24(36)14-32(4,5)16-26(29)38)21-11-19(33)12-22(34)30(21)39-17-18-7-9-20(35)10-8-18/h7-12,27H,6,13-17H2,1-5H3. The predicted octanol–water partition coefficient (Wildman–Crippen LogP) is 8.42. The first-order valence-electron chi connectivity index (χ1n) is 13.5. The van der Waals surface area contributed by atoms with Gasteiger partial charge in [0.15, 0.2) is 11.6 Å². The molecule has 206 valence electrons. The average molecular weight is 571 g/mol. The smallest absolute Gasteiger partial charge is 0.162 e. The van der Waals surface area contributed by atoms with Crippen LogP contribution in [-0.4, -0.2) is 23.0 Å². The highest BCUT2D eigenvalue weighted by Crippen LogP contribution is 2.56. The number of Topliss-reactive ketones (excluding diaryl/α,β-unsaturated/α-hetero) is 2. The van der Waals surface area contributed by atoms with E-state index in [0.717, 1.165) is 29.8 Å². The minimum Gasteiger partial charge on any atom is -0.487 e. The number of rotatable bonds is 5. The second-order valence-corrected chi connectivity index (χ2v) is 13.3. The molecule has 0 saturated carbocycles. The molecule has 3 aliphatic rings. The van der Waals surface area contributed by atoms with Crippen molar-refractivity contribution in [2.45, 2.75) is 72.8 Å². The number of carbonyl (C=O) groups is 2. The number of hydrogen-bond acceptors (Lipinski definition) is 4. The van der Waals surface area contributed by atoms with Gasteiger partial charge in [0.05, 0.1) is 5.02 Å². The first-order valence-corrected chi connectivity index (χ1v) is 14.2. The van der Waals surface area contributed by atoms with E-state index in [2.05, 4.69) is 39.5 Å². The van der Waals surface area contributed by atoms with Gasteiger partial charge in [0.2, 0.25) is 0 Å². The van der Waals surface area contributed by atoms with Gasteiger partial charge in [0, 0.05) is 58.4 Å². The van der Waals surface area contributed by atoms with E-state index in [9.17, 15) is 14.0 Å². The van der Waals surface area contributed by atoms with Crippen molar-refractivity contribution in [3.63, 3.8) is 0 Å². The summed E-state index contributed by atoms with van der Waals surface area (Å²) in [6.45, 7) is 11.3. The summed E-state index contributed by atoms with van der Waals surface area (Å²) in [6, 6.07) is 9.44. The van der Waals surface area contributed by atoms with Crippen LogP contribution in [-0.2, 0) is 16.2 Å². The summed E-state index contributed by atoms with van der Waals surface area (Å²) >= 11 is 13.3. The van der Waals surface area contributed by atoms with Crippen LogP contribution >= 0.6 is 23.2 Å². The van der Waals surface area contributed by atoms with E-state index < -0.39 is 5.92 Å². The maximum absolute atomic E-state index is 13.9. The third-order valence-electron chi connectivity index (χ3n) is 7.98. The number of halogens is 3. The Hall–Kier alpha value is -2.63. The Kier molecular flexibility index (Phi) is 7.22. The first kappa shape index (κ1) is 27.9. The molecule has 0 N–H and O–H groups in total. The minimum atomic E-state index is -0.621. The highest BCUT2D eigenvalue weighted by molar-refractivity contribution is 6.35. The monoisotopic (exact) mass is 569 g/mol. The first-order chi connectivity index (χ1) is 18.3. The molecule has 0 spiro atoms. The topological polar surface area (TPSA) is 46.6 Å². The summed E-state index contributed by atoms with van der Waals surface area (Å²) in [4.78, 5) is 30.1. The quantitative estimate of drug-likeness (QED) is 0.362. The van der Waals surface area contributed by atoms with Crippen LogP contribution in [0.5, 0.6) is 5.75 Å². The highest BCUT2D eigenvalue weighted by atomic mass is 35.5. The number of nitrogens with zero attached hydrogens (tertiary/aromatic N) is 1. The van der Waals surface area contributed by atoms with E-state index >= 15 is 0 Å². The molecule has 2 aliphatic carbocycles. The summed E-state index contributed by atoms with van der Waals surface area (Å²) < 4.78 is 19.7. The van der Waals surface area contributed by atoms with E-state index in [0.29, 0.717) is 51.9 Å². The molecule has 0 saturated heterocycles. The highest BCUT2D eigenvalue weighted by Gasteiger charge is 2.49. The average Bonchev–Trinajstić information content (AvgIpc) is 2.81. The third-order valence-corrected chi connectivity index (χ3v) is 8.48. The van der Waals surface area contributed by atoms with E-state index in [-0.39, 0.29) is 34.8 Å². The molecule has 0 radical (unpaired) electrons. The number of ketones is 2. The molecule has 4 nitrogen and oxygen atoms in total. The lowest BCUT2D eigenvalue weighted by Crippen LogP contribution is -2.44. The van der Waals surface area contributed by atoms with Crippen molar-refractivity contribution in [2.75, 3.05) is 6.54 Å². The lowest BCUT2D eigenvalue weighted by Gasteiger charge is -2.49. The number of ether oxygens (including phenoxy) is 1. The Morgan fingerprint density at radius 2 is 1.44 bits per heavy atom. The molecule has 1 heterocycles. The molecule has 0 unspecified atom stereocenters. The molecule has 7 heteroatoms. The molecule has 0 aromatic heterocycles. The zero-order valence-electron chi connectivity index (χ0n) is 23.1. The lowest BCUT2D eigenvalue weighted by molar-refractivity contribution is -0.119. The Morgan fingerprint density at radius 3 is 1.95 bits per heavy atom. The summed E-state index contributed by atoms with van der Waals surface area (Å²) in [6.07, 6.45) is 2.23. The molecule has 39 heavy (non-hydrogen) atoms. The fourth-order valence-corrected chi connectivity index (χ4v) is 6.99. The second kappa shape index (κ2) is 10.1. The van der Waals surface area contributed by atoms with Crippen molar-refractivity contribution < 1.29 is 18.7 Å². The number of hydrogen-bond donors (Lipinski definition) is 0. The molecular weight excluding hydrogens is 536 g/mol.